The highest BCUT2D eigenvalue weighted by atomic mass is 16.4. The van der Waals surface area contributed by atoms with Crippen LogP contribution in [0.15, 0.2) is 30.3 Å². The quantitative estimate of drug-likeness (QED) is 0.930. The molecule has 0 aromatic heterocycles. The number of likely N-dealkylation sites (tertiary alicyclic amines) is 1. The number of amides is 2. The van der Waals surface area contributed by atoms with Crippen molar-refractivity contribution in [2.75, 3.05) is 24.5 Å². The summed E-state index contributed by atoms with van der Waals surface area (Å²) in [6.07, 6.45) is 2.21. The zero-order chi connectivity index (χ0) is 15.7. The predicted octanol–water partition coefficient (Wildman–Crippen LogP) is 2.68. The summed E-state index contributed by atoms with van der Waals surface area (Å²) in [6, 6.07) is 9.46. The van der Waals surface area contributed by atoms with Crippen molar-refractivity contribution in [3.63, 3.8) is 0 Å². The number of para-hydroxylation sites is 1. The lowest BCUT2D eigenvalue weighted by atomic mass is 9.92. The van der Waals surface area contributed by atoms with Gasteiger partial charge in [-0.2, -0.15) is 0 Å². The van der Waals surface area contributed by atoms with Crippen molar-refractivity contribution in [1.82, 2.24) is 4.90 Å². The molecule has 118 valence electrons. The largest absolute Gasteiger partial charge is 0.481 e. The Morgan fingerprint density at radius 3 is 2.45 bits per heavy atom. The fourth-order valence-corrected chi connectivity index (χ4v) is 3.46. The van der Waals surface area contributed by atoms with Gasteiger partial charge in [0.05, 0.1) is 5.92 Å². The number of carbonyl (C=O) groups excluding carboxylic acids is 1. The van der Waals surface area contributed by atoms with Gasteiger partial charge >= 0.3 is 12.0 Å². The highest BCUT2D eigenvalue weighted by molar-refractivity contribution is 5.92. The standard InChI is InChI=1S/C17H22N2O3/c1-2-19(13-6-4-3-5-7-13)17(22)18-10-14(12-8-9-12)15(11-18)16(20)21/h3-7,12,14-15H,2,8-11H2,1H3,(H,20,21)/t14-,15+/m0/s1. The summed E-state index contributed by atoms with van der Waals surface area (Å²) in [4.78, 5) is 27.7. The minimum atomic E-state index is -0.769. The van der Waals surface area contributed by atoms with Gasteiger partial charge in [0, 0.05) is 25.3 Å². The SMILES string of the molecule is CCN(C(=O)N1C[C@@H](C(=O)O)[C@H](C2CC2)C1)c1ccccc1. The van der Waals surface area contributed by atoms with Crippen LogP contribution < -0.4 is 4.90 Å². The summed E-state index contributed by atoms with van der Waals surface area (Å²) in [5, 5.41) is 9.42. The van der Waals surface area contributed by atoms with Crippen molar-refractivity contribution in [2.24, 2.45) is 17.8 Å². The first kappa shape index (κ1) is 14.9. The molecule has 0 spiro atoms. The number of carboxylic acids is 1. The number of aliphatic carboxylic acids is 1. The van der Waals surface area contributed by atoms with Crippen LogP contribution in [0.2, 0.25) is 0 Å². The second kappa shape index (κ2) is 5.99. The van der Waals surface area contributed by atoms with E-state index >= 15 is 0 Å². The van der Waals surface area contributed by atoms with Crippen LogP contribution in [0.5, 0.6) is 0 Å². The Kier molecular flexibility index (Phi) is 4.05. The first-order valence-electron chi connectivity index (χ1n) is 7.96. The van der Waals surface area contributed by atoms with Gasteiger partial charge in [0.2, 0.25) is 0 Å². The molecule has 2 fully saturated rings. The van der Waals surface area contributed by atoms with E-state index in [4.69, 9.17) is 0 Å². The predicted molar refractivity (Wildman–Crippen MR) is 83.8 cm³/mol. The van der Waals surface area contributed by atoms with E-state index in [1.807, 2.05) is 37.3 Å². The van der Waals surface area contributed by atoms with Crippen molar-refractivity contribution >= 4 is 17.7 Å². The normalized spacial score (nSPS) is 24.3. The van der Waals surface area contributed by atoms with E-state index in [1.54, 1.807) is 9.80 Å². The number of hydrogen-bond acceptors (Lipinski definition) is 2. The van der Waals surface area contributed by atoms with Crippen LogP contribution in [-0.4, -0.2) is 41.6 Å². The summed E-state index contributed by atoms with van der Waals surface area (Å²) in [5.41, 5.74) is 0.858. The monoisotopic (exact) mass is 302 g/mol. The fourth-order valence-electron chi connectivity index (χ4n) is 3.46. The van der Waals surface area contributed by atoms with Crippen LogP contribution in [0.1, 0.15) is 19.8 Å². The molecule has 0 unspecified atom stereocenters. The van der Waals surface area contributed by atoms with Crippen LogP contribution >= 0.6 is 0 Å². The van der Waals surface area contributed by atoms with Crippen LogP contribution in [0, 0.1) is 17.8 Å². The van der Waals surface area contributed by atoms with Crippen LogP contribution in [0.25, 0.3) is 0 Å². The summed E-state index contributed by atoms with van der Waals surface area (Å²) >= 11 is 0. The Labute approximate surface area is 130 Å². The summed E-state index contributed by atoms with van der Waals surface area (Å²) < 4.78 is 0. The number of urea groups is 1. The van der Waals surface area contributed by atoms with Gasteiger partial charge < -0.3 is 10.0 Å². The molecule has 5 nitrogen and oxygen atoms in total. The number of nitrogens with zero attached hydrogens (tertiary/aromatic N) is 2. The van der Waals surface area contributed by atoms with E-state index in [1.165, 1.54) is 0 Å². The molecule has 1 aromatic carbocycles. The number of hydrogen-bond donors (Lipinski definition) is 1. The Morgan fingerprint density at radius 2 is 1.91 bits per heavy atom. The van der Waals surface area contributed by atoms with Crippen LogP contribution in [0.4, 0.5) is 10.5 Å². The highest BCUT2D eigenvalue weighted by Gasteiger charge is 2.47. The average molecular weight is 302 g/mol. The molecule has 2 atom stereocenters. The maximum absolute atomic E-state index is 12.8. The lowest BCUT2D eigenvalue weighted by Crippen LogP contribution is -2.42. The molecule has 2 amide bonds. The van der Waals surface area contributed by atoms with E-state index < -0.39 is 11.9 Å². The molecule has 1 N–H and O–H groups in total. The summed E-state index contributed by atoms with van der Waals surface area (Å²) in [5.74, 6) is -0.567. The third kappa shape index (κ3) is 2.80. The molecule has 0 bridgehead atoms. The zero-order valence-corrected chi connectivity index (χ0v) is 12.8. The maximum Gasteiger partial charge on any atom is 0.324 e. The Morgan fingerprint density at radius 1 is 1.23 bits per heavy atom. The molecule has 5 heteroatoms. The Hall–Kier alpha value is -2.04. The number of carboxylic acid groups (broad SMARTS) is 1. The van der Waals surface area contributed by atoms with E-state index in [9.17, 15) is 14.7 Å². The van der Waals surface area contributed by atoms with E-state index in [-0.39, 0.29) is 11.9 Å². The molecular formula is C17H22N2O3. The highest BCUT2D eigenvalue weighted by Crippen LogP contribution is 2.44. The van der Waals surface area contributed by atoms with Crippen molar-refractivity contribution in [1.29, 1.82) is 0 Å². The van der Waals surface area contributed by atoms with E-state index in [2.05, 4.69) is 0 Å². The van der Waals surface area contributed by atoms with Crippen molar-refractivity contribution < 1.29 is 14.7 Å². The molecular weight excluding hydrogens is 280 g/mol. The zero-order valence-electron chi connectivity index (χ0n) is 12.8. The fraction of sp³-hybridized carbons (Fsp3) is 0.529. The van der Waals surface area contributed by atoms with Crippen molar-refractivity contribution in [3.05, 3.63) is 30.3 Å². The Balaban J connectivity index is 1.75. The minimum absolute atomic E-state index is 0.0805. The van der Waals surface area contributed by atoms with Gasteiger partial charge in [0.25, 0.3) is 0 Å². The van der Waals surface area contributed by atoms with Gasteiger partial charge in [-0.05, 0) is 43.7 Å². The van der Waals surface area contributed by atoms with E-state index in [0.29, 0.717) is 25.6 Å². The van der Waals surface area contributed by atoms with Gasteiger partial charge in [-0.15, -0.1) is 0 Å². The minimum Gasteiger partial charge on any atom is -0.481 e. The van der Waals surface area contributed by atoms with Gasteiger partial charge in [0.15, 0.2) is 0 Å². The first-order valence-corrected chi connectivity index (χ1v) is 7.96. The lowest BCUT2D eigenvalue weighted by Gasteiger charge is -2.27. The summed E-state index contributed by atoms with van der Waals surface area (Å²) in [6.45, 7) is 3.42. The van der Waals surface area contributed by atoms with Crippen LogP contribution in [0.3, 0.4) is 0 Å². The molecule has 2 aliphatic rings. The molecule has 1 saturated carbocycles. The van der Waals surface area contributed by atoms with Crippen LogP contribution in [-0.2, 0) is 4.79 Å². The molecule has 0 radical (unpaired) electrons. The molecule has 1 aliphatic carbocycles. The number of anilines is 1. The molecule has 1 saturated heterocycles. The maximum atomic E-state index is 12.8. The van der Waals surface area contributed by atoms with Crippen molar-refractivity contribution in [3.8, 4) is 0 Å². The number of benzene rings is 1. The molecule has 1 aliphatic heterocycles. The van der Waals surface area contributed by atoms with E-state index in [0.717, 1.165) is 18.5 Å². The smallest absolute Gasteiger partial charge is 0.324 e. The lowest BCUT2D eigenvalue weighted by molar-refractivity contribution is -0.142. The second-order valence-electron chi connectivity index (χ2n) is 6.21. The van der Waals surface area contributed by atoms with Gasteiger partial charge in [-0.25, -0.2) is 4.79 Å². The summed E-state index contributed by atoms with van der Waals surface area (Å²) in [7, 11) is 0. The third-order valence-electron chi connectivity index (χ3n) is 4.80. The third-order valence-corrected chi connectivity index (χ3v) is 4.80. The Bertz CT molecular complexity index is 556. The molecule has 1 heterocycles. The van der Waals surface area contributed by atoms with Gasteiger partial charge in [0.1, 0.15) is 0 Å². The number of carbonyl (C=O) groups is 2. The molecule has 1 aromatic rings. The van der Waals surface area contributed by atoms with Gasteiger partial charge in [-0.3, -0.25) is 9.69 Å². The molecule has 22 heavy (non-hydrogen) atoms. The van der Waals surface area contributed by atoms with Gasteiger partial charge in [-0.1, -0.05) is 18.2 Å². The second-order valence-corrected chi connectivity index (χ2v) is 6.21. The molecule has 3 rings (SSSR count). The topological polar surface area (TPSA) is 60.9 Å². The number of rotatable bonds is 4. The first-order chi connectivity index (χ1) is 10.6. The average Bonchev–Trinajstić information content (AvgIpc) is 3.27. The van der Waals surface area contributed by atoms with Crippen molar-refractivity contribution in [2.45, 2.75) is 19.8 Å².